The minimum absolute atomic E-state index is 0.0157. The molecule has 0 amide bonds. The van der Waals surface area contributed by atoms with Crippen molar-refractivity contribution in [2.24, 2.45) is 29.6 Å². The summed E-state index contributed by atoms with van der Waals surface area (Å²) in [5.74, 6) is -4.66. The molecule has 15 heteroatoms. The fourth-order valence-corrected chi connectivity index (χ4v) is 9.08. The molecule has 56 heavy (non-hydrogen) atoms. The van der Waals surface area contributed by atoms with Gasteiger partial charge in [0, 0.05) is 55.5 Å². The van der Waals surface area contributed by atoms with E-state index in [0.29, 0.717) is 19.4 Å². The summed E-state index contributed by atoms with van der Waals surface area (Å²) in [5, 5.41) is 35.5. The van der Waals surface area contributed by atoms with Crippen molar-refractivity contribution in [1.29, 1.82) is 0 Å². The van der Waals surface area contributed by atoms with Crippen molar-refractivity contribution in [3.8, 4) is 0 Å². The van der Waals surface area contributed by atoms with Crippen molar-refractivity contribution in [3.63, 3.8) is 0 Å². The van der Waals surface area contributed by atoms with Crippen LogP contribution in [-0.4, -0.2) is 144 Å². The first-order valence-electron chi connectivity index (χ1n) is 20.5. The minimum Gasteiger partial charge on any atom is -0.462 e. The molecule has 3 aliphatic heterocycles. The van der Waals surface area contributed by atoms with E-state index in [1.807, 2.05) is 53.6 Å². The predicted octanol–water partition coefficient (Wildman–Crippen LogP) is 4.41. The number of hydrogen-bond donors (Lipinski definition) is 3. The summed E-state index contributed by atoms with van der Waals surface area (Å²) in [6, 6.07) is -0.307. The van der Waals surface area contributed by atoms with Gasteiger partial charge in [0.15, 0.2) is 18.7 Å². The number of Topliss-reactive ketones (excluding diaryl/α,β-unsaturated/α-hetero) is 1. The van der Waals surface area contributed by atoms with Crippen LogP contribution in [0.5, 0.6) is 0 Å². The molecule has 326 valence electrons. The lowest BCUT2D eigenvalue weighted by Crippen LogP contribution is -2.61. The average Bonchev–Trinajstić information content (AvgIpc) is 3.13. The number of hydrogen-bond acceptors (Lipinski definition) is 15. The topological polar surface area (TPSA) is 172 Å². The van der Waals surface area contributed by atoms with Crippen LogP contribution in [0.4, 0.5) is 0 Å². The number of likely N-dealkylation sites (N-methyl/N-ethyl adjacent to an activating group) is 1. The molecule has 3 heterocycles. The van der Waals surface area contributed by atoms with Gasteiger partial charge in [-0.25, -0.2) is 0 Å². The van der Waals surface area contributed by atoms with Crippen molar-refractivity contribution in [2.45, 2.75) is 187 Å². The number of ether oxygens (including phenoxy) is 8. The molecule has 18 atom stereocenters. The fraction of sp³-hybridized carbons (Fsp3) is 0.927. The Hall–Kier alpha value is -1.53. The molecular formula is C41H73NO13S. The van der Waals surface area contributed by atoms with Crippen LogP contribution < -0.4 is 0 Å². The lowest BCUT2D eigenvalue weighted by Gasteiger charge is -2.49. The zero-order valence-corrected chi connectivity index (χ0v) is 37.1. The van der Waals surface area contributed by atoms with Crippen LogP contribution >= 0.6 is 12.2 Å². The van der Waals surface area contributed by atoms with Gasteiger partial charge in [-0.2, -0.15) is 0 Å². The van der Waals surface area contributed by atoms with Crippen molar-refractivity contribution in [1.82, 2.24) is 4.90 Å². The number of nitrogens with zero attached hydrogens (tertiary/aromatic N) is 1. The first-order valence-corrected chi connectivity index (χ1v) is 20.9. The molecule has 0 spiro atoms. The number of cyclic esters (lactones) is 1. The summed E-state index contributed by atoms with van der Waals surface area (Å²) in [5.41, 5.74) is -2.71. The van der Waals surface area contributed by atoms with Crippen molar-refractivity contribution in [3.05, 3.63) is 0 Å². The van der Waals surface area contributed by atoms with Crippen molar-refractivity contribution < 1.29 is 62.8 Å². The van der Waals surface area contributed by atoms with Crippen LogP contribution in [0.25, 0.3) is 0 Å². The van der Waals surface area contributed by atoms with Gasteiger partial charge < -0.3 is 58.1 Å². The molecule has 3 saturated heterocycles. The number of rotatable bonds is 10. The molecule has 0 radical (unpaired) electrons. The van der Waals surface area contributed by atoms with Crippen LogP contribution in [0.3, 0.4) is 0 Å². The summed E-state index contributed by atoms with van der Waals surface area (Å²) < 4.78 is 49.9. The number of methoxy groups -OCH3 is 1. The number of carbonyl (C=O) groups is 2. The Morgan fingerprint density at radius 3 is 2.12 bits per heavy atom. The predicted molar refractivity (Wildman–Crippen MR) is 213 cm³/mol. The molecule has 0 aromatic heterocycles. The molecule has 3 aliphatic rings. The Morgan fingerprint density at radius 1 is 0.911 bits per heavy atom. The lowest BCUT2D eigenvalue weighted by atomic mass is 9.74. The van der Waals surface area contributed by atoms with Gasteiger partial charge in [-0.15, -0.1) is 0 Å². The van der Waals surface area contributed by atoms with E-state index in [-0.39, 0.29) is 36.0 Å². The summed E-state index contributed by atoms with van der Waals surface area (Å²) in [4.78, 5) is 30.0. The molecule has 0 saturated carbocycles. The van der Waals surface area contributed by atoms with Crippen LogP contribution in [0.1, 0.15) is 108 Å². The highest BCUT2D eigenvalue weighted by Gasteiger charge is 2.53. The smallest absolute Gasteiger partial charge is 0.352 e. The standard InChI is InChI=1S/C41H73NO13S/c1-15-17-49-39(56)55-36-27(9)51-30(20-41(36,11)48-14)53-34-25(7)35(54-38-33(45)28(42(12)13)18-22(4)50-38)40(10,47)19-21(3)31(43)24(6)32(44)23(5)29(16-2)52-37(46)26(34)8/h21-30,32-36,38,44-45,47H,15-20H2,1-14H3/t21-,22-,23+,24+,25+,26-,27+,28+,29-,30+,32+,33-,34+,35-,36+,38+,40-,41-/m1/s1. The van der Waals surface area contributed by atoms with E-state index < -0.39 is 102 Å². The summed E-state index contributed by atoms with van der Waals surface area (Å²) in [6.45, 7) is 20.0. The van der Waals surface area contributed by atoms with E-state index in [1.54, 1.807) is 48.7 Å². The first-order chi connectivity index (χ1) is 26.0. The van der Waals surface area contributed by atoms with Gasteiger partial charge in [-0.3, -0.25) is 9.59 Å². The third kappa shape index (κ3) is 11.6. The highest BCUT2D eigenvalue weighted by Crippen LogP contribution is 2.41. The van der Waals surface area contributed by atoms with Crippen molar-refractivity contribution >= 4 is 29.2 Å². The quantitative estimate of drug-likeness (QED) is 0.209. The molecular weight excluding hydrogens is 747 g/mol. The van der Waals surface area contributed by atoms with Crippen LogP contribution in [0, 0.1) is 29.6 Å². The highest BCUT2D eigenvalue weighted by molar-refractivity contribution is 7.79. The van der Waals surface area contributed by atoms with E-state index in [0.717, 1.165) is 6.42 Å². The van der Waals surface area contributed by atoms with Crippen LogP contribution in [0.15, 0.2) is 0 Å². The summed E-state index contributed by atoms with van der Waals surface area (Å²) in [6.07, 6.45) is -6.91. The van der Waals surface area contributed by atoms with Gasteiger partial charge in [0.25, 0.3) is 0 Å². The molecule has 3 N–H and O–H groups in total. The van der Waals surface area contributed by atoms with Gasteiger partial charge in [0.1, 0.15) is 23.6 Å². The first kappa shape index (κ1) is 48.8. The number of esters is 1. The van der Waals surface area contributed by atoms with Crippen LogP contribution in [0.2, 0.25) is 0 Å². The average molecular weight is 820 g/mol. The summed E-state index contributed by atoms with van der Waals surface area (Å²) >= 11 is 5.35. The number of carbonyl (C=O) groups excluding carboxylic acids is 2. The highest BCUT2D eigenvalue weighted by atomic mass is 32.1. The molecule has 0 aromatic carbocycles. The Balaban J connectivity index is 2.13. The molecule has 3 rings (SSSR count). The molecule has 0 unspecified atom stereocenters. The molecule has 0 bridgehead atoms. The number of ketones is 1. The fourth-order valence-electron chi connectivity index (χ4n) is 8.89. The molecule has 0 aliphatic carbocycles. The van der Waals surface area contributed by atoms with Gasteiger partial charge in [0.05, 0.1) is 48.6 Å². The lowest BCUT2D eigenvalue weighted by molar-refractivity contribution is -0.317. The van der Waals surface area contributed by atoms with Gasteiger partial charge in [-0.05, 0) is 74.4 Å². The maximum Gasteiger partial charge on any atom is 0.352 e. The van der Waals surface area contributed by atoms with E-state index in [2.05, 4.69) is 0 Å². The third-order valence-electron chi connectivity index (χ3n) is 12.4. The van der Waals surface area contributed by atoms with E-state index in [9.17, 15) is 24.9 Å². The normalized spacial score (nSPS) is 44.8. The SMILES string of the molecule is CCCOC(=S)O[C@H]1[C@H](C)O[C@@H](O[C@H]2[C@H](C)[C@@H](O[C@@H]3O[C@H](C)C[C@H](N(C)C)[C@H]3O)[C@](C)(O)C[C@@H](C)C(=O)[C@H](C)[C@@H](O)[C@@H](C)[C@@H](CC)OC(=O)[C@@H]2C)C[C@@]1(C)OC. The molecule has 3 fully saturated rings. The third-order valence-corrected chi connectivity index (χ3v) is 12.6. The summed E-state index contributed by atoms with van der Waals surface area (Å²) in [7, 11) is 5.30. The number of aliphatic hydroxyl groups is 3. The minimum atomic E-state index is -1.74. The molecule has 0 aromatic rings. The second kappa shape index (κ2) is 20.6. The zero-order chi connectivity index (χ0) is 42.4. The number of aliphatic hydroxyl groups excluding tert-OH is 2. The maximum absolute atomic E-state index is 14.2. The largest absolute Gasteiger partial charge is 0.462 e. The van der Waals surface area contributed by atoms with E-state index in [4.69, 9.17) is 50.1 Å². The Labute approximate surface area is 340 Å². The van der Waals surface area contributed by atoms with E-state index in [1.165, 1.54) is 0 Å². The zero-order valence-electron chi connectivity index (χ0n) is 36.3. The van der Waals surface area contributed by atoms with Gasteiger partial charge >= 0.3 is 11.2 Å². The molecule has 14 nitrogen and oxygen atoms in total. The second-order valence-corrected chi connectivity index (χ2v) is 17.7. The second-order valence-electron chi connectivity index (χ2n) is 17.4. The van der Waals surface area contributed by atoms with E-state index >= 15 is 0 Å². The Morgan fingerprint density at radius 2 is 1.55 bits per heavy atom. The monoisotopic (exact) mass is 819 g/mol. The van der Waals surface area contributed by atoms with Crippen molar-refractivity contribution in [2.75, 3.05) is 27.8 Å². The Bertz CT molecular complexity index is 1290. The van der Waals surface area contributed by atoms with Crippen LogP contribution in [-0.2, 0) is 47.5 Å². The van der Waals surface area contributed by atoms with Gasteiger partial charge in [-0.1, -0.05) is 41.5 Å². The maximum atomic E-state index is 14.2. The number of thiocarbonyl (C=S) groups is 1. The Kier molecular flexibility index (Phi) is 18.0. The van der Waals surface area contributed by atoms with Gasteiger partial charge in [0.2, 0.25) is 0 Å².